The molecular weight excluding hydrogens is 360 g/mol. The first-order valence-electron chi connectivity index (χ1n) is 9.47. The summed E-state index contributed by atoms with van der Waals surface area (Å²) in [5.74, 6) is 0. The molecular formula is C21H25ClN4O+2. The highest BCUT2D eigenvalue weighted by atomic mass is 35.5. The number of piperazine rings is 1. The average molecular weight is 385 g/mol. The van der Waals surface area contributed by atoms with E-state index in [1.54, 1.807) is 15.4 Å². The second-order valence-electron chi connectivity index (χ2n) is 7.50. The molecule has 0 amide bonds. The number of hydrogen-bond acceptors (Lipinski definition) is 2. The Morgan fingerprint density at radius 1 is 1.00 bits per heavy atom. The zero-order valence-corrected chi connectivity index (χ0v) is 16.3. The van der Waals surface area contributed by atoms with Crippen LogP contribution in [0.15, 0.2) is 53.5 Å². The van der Waals surface area contributed by atoms with Gasteiger partial charge in [0.25, 0.3) is 5.56 Å². The molecule has 0 aliphatic carbocycles. The third-order valence-electron chi connectivity index (χ3n) is 5.32. The van der Waals surface area contributed by atoms with Crippen LogP contribution in [0.1, 0.15) is 16.8 Å². The molecule has 3 aromatic rings. The molecule has 4 rings (SSSR count). The number of aryl methyl sites for hydroxylation is 1. The second-order valence-corrected chi connectivity index (χ2v) is 7.94. The molecule has 0 unspecified atom stereocenters. The van der Waals surface area contributed by atoms with Gasteiger partial charge in [-0.1, -0.05) is 29.8 Å². The molecule has 1 aliphatic heterocycles. The van der Waals surface area contributed by atoms with Crippen LogP contribution in [0.5, 0.6) is 0 Å². The smallest absolute Gasteiger partial charge is 0.258 e. The number of hydrogen-bond donors (Lipinski definition) is 2. The van der Waals surface area contributed by atoms with E-state index < -0.39 is 0 Å². The maximum atomic E-state index is 12.4. The van der Waals surface area contributed by atoms with E-state index in [9.17, 15) is 4.79 Å². The van der Waals surface area contributed by atoms with Gasteiger partial charge in [0, 0.05) is 22.8 Å². The molecule has 0 atom stereocenters. The fourth-order valence-electron chi connectivity index (χ4n) is 3.81. The van der Waals surface area contributed by atoms with Crippen LogP contribution in [-0.4, -0.2) is 35.6 Å². The largest absolute Gasteiger partial charge is 0.322 e. The van der Waals surface area contributed by atoms with Gasteiger partial charge >= 0.3 is 0 Å². The van der Waals surface area contributed by atoms with Crippen LogP contribution in [0.3, 0.4) is 0 Å². The molecule has 0 saturated carbocycles. The molecule has 1 fully saturated rings. The summed E-state index contributed by atoms with van der Waals surface area (Å²) < 4.78 is 1.63. The minimum absolute atomic E-state index is 0.00472. The highest BCUT2D eigenvalue weighted by Crippen LogP contribution is 2.08. The van der Waals surface area contributed by atoms with Gasteiger partial charge in [0.05, 0.1) is 0 Å². The van der Waals surface area contributed by atoms with Gasteiger partial charge in [-0.2, -0.15) is 0 Å². The predicted octanol–water partition coefficient (Wildman–Crippen LogP) is 0.140. The van der Waals surface area contributed by atoms with Crippen LogP contribution < -0.4 is 15.4 Å². The lowest BCUT2D eigenvalue weighted by Gasteiger charge is -2.29. The van der Waals surface area contributed by atoms with E-state index in [1.807, 2.05) is 37.4 Å². The first-order valence-corrected chi connectivity index (χ1v) is 9.85. The van der Waals surface area contributed by atoms with Crippen molar-refractivity contribution in [2.24, 2.45) is 0 Å². The zero-order valence-electron chi connectivity index (χ0n) is 15.5. The standard InChI is InChI=1S/C21H23ClN4O/c1-16-2-7-20-23-19(12-21(27)26(20)13-16)15-25-10-8-24(9-11-25)14-17-3-5-18(22)6-4-17/h2-7,12-13H,8-11,14-15H2,1H3/p+2. The molecule has 2 aromatic heterocycles. The molecule has 1 aliphatic rings. The highest BCUT2D eigenvalue weighted by molar-refractivity contribution is 6.30. The Kier molecular flexibility index (Phi) is 5.25. The zero-order chi connectivity index (χ0) is 18.8. The number of pyridine rings is 1. The van der Waals surface area contributed by atoms with Gasteiger partial charge in [-0.05, 0) is 30.7 Å². The molecule has 0 radical (unpaired) electrons. The number of benzene rings is 1. The summed E-state index contributed by atoms with van der Waals surface area (Å²) in [6, 6.07) is 13.8. The van der Waals surface area contributed by atoms with Crippen molar-refractivity contribution >= 4 is 17.2 Å². The number of fused-ring (bicyclic) bond motifs is 1. The molecule has 2 N–H and O–H groups in total. The van der Waals surface area contributed by atoms with Crippen LogP contribution in [0, 0.1) is 6.92 Å². The van der Waals surface area contributed by atoms with Crippen molar-refractivity contribution in [1.29, 1.82) is 0 Å². The molecule has 140 valence electrons. The van der Waals surface area contributed by atoms with E-state index in [1.165, 1.54) is 10.5 Å². The van der Waals surface area contributed by atoms with Crippen LogP contribution >= 0.6 is 11.6 Å². The van der Waals surface area contributed by atoms with E-state index in [2.05, 4.69) is 17.1 Å². The molecule has 1 aromatic carbocycles. The minimum Gasteiger partial charge on any atom is -0.322 e. The summed E-state index contributed by atoms with van der Waals surface area (Å²) in [4.78, 5) is 20.2. The first kappa shape index (κ1) is 18.2. The third-order valence-corrected chi connectivity index (χ3v) is 5.58. The highest BCUT2D eigenvalue weighted by Gasteiger charge is 2.23. The number of nitrogens with one attached hydrogen (secondary N) is 2. The van der Waals surface area contributed by atoms with E-state index >= 15 is 0 Å². The Morgan fingerprint density at radius 3 is 2.37 bits per heavy atom. The van der Waals surface area contributed by atoms with Gasteiger partial charge in [-0.15, -0.1) is 0 Å². The van der Waals surface area contributed by atoms with E-state index in [0.29, 0.717) is 0 Å². The van der Waals surface area contributed by atoms with Gasteiger partial charge in [0.2, 0.25) is 0 Å². The Morgan fingerprint density at radius 2 is 1.67 bits per heavy atom. The van der Waals surface area contributed by atoms with Crippen molar-refractivity contribution in [3.63, 3.8) is 0 Å². The van der Waals surface area contributed by atoms with Crippen LogP contribution in [-0.2, 0) is 13.1 Å². The summed E-state index contributed by atoms with van der Waals surface area (Å²) >= 11 is 5.97. The van der Waals surface area contributed by atoms with E-state index in [4.69, 9.17) is 11.6 Å². The third kappa shape index (κ3) is 4.38. The molecule has 3 heterocycles. The van der Waals surface area contributed by atoms with Crippen molar-refractivity contribution < 1.29 is 9.80 Å². The normalized spacial score (nSPS) is 20.1. The number of aromatic nitrogens is 2. The first-order chi connectivity index (χ1) is 13.1. The average Bonchev–Trinajstić information content (AvgIpc) is 2.66. The predicted molar refractivity (Wildman–Crippen MR) is 106 cm³/mol. The maximum absolute atomic E-state index is 12.4. The molecule has 0 spiro atoms. The van der Waals surface area contributed by atoms with Crippen LogP contribution in [0.25, 0.3) is 5.65 Å². The summed E-state index contributed by atoms with van der Waals surface area (Å²) in [5, 5.41) is 0.789. The lowest BCUT2D eigenvalue weighted by atomic mass is 10.2. The minimum atomic E-state index is 0.00472. The lowest BCUT2D eigenvalue weighted by Crippen LogP contribution is -3.27. The van der Waals surface area contributed by atoms with Crippen molar-refractivity contribution in [2.45, 2.75) is 20.0 Å². The maximum Gasteiger partial charge on any atom is 0.258 e. The van der Waals surface area contributed by atoms with Crippen LogP contribution in [0.2, 0.25) is 5.02 Å². The molecule has 1 saturated heterocycles. The quantitative estimate of drug-likeness (QED) is 0.672. The molecule has 0 bridgehead atoms. The summed E-state index contributed by atoms with van der Waals surface area (Å²) in [6.45, 7) is 8.28. The Labute approximate surface area is 163 Å². The van der Waals surface area contributed by atoms with Gasteiger partial charge in [0.1, 0.15) is 50.6 Å². The Hall–Kier alpha value is -2.21. The topological polar surface area (TPSA) is 43.2 Å². The molecule has 6 heteroatoms. The van der Waals surface area contributed by atoms with Gasteiger partial charge in [-0.25, -0.2) is 4.98 Å². The van der Waals surface area contributed by atoms with Crippen molar-refractivity contribution in [3.8, 4) is 0 Å². The fourth-order valence-corrected chi connectivity index (χ4v) is 3.93. The number of halogens is 1. The molecule has 5 nitrogen and oxygen atoms in total. The number of quaternary nitrogens is 2. The van der Waals surface area contributed by atoms with Crippen molar-refractivity contribution in [3.05, 3.63) is 80.9 Å². The monoisotopic (exact) mass is 384 g/mol. The summed E-state index contributed by atoms with van der Waals surface area (Å²) in [5.41, 5.74) is 4.02. The summed E-state index contributed by atoms with van der Waals surface area (Å²) in [7, 11) is 0. The van der Waals surface area contributed by atoms with E-state index in [0.717, 1.165) is 61.2 Å². The summed E-state index contributed by atoms with van der Waals surface area (Å²) in [6.07, 6.45) is 1.85. The van der Waals surface area contributed by atoms with Gasteiger partial charge in [-0.3, -0.25) is 9.20 Å². The SMILES string of the molecule is Cc1ccc2nc(C[NH+]3CC[NH+](Cc4ccc(Cl)cc4)CC3)cc(=O)n2c1. The van der Waals surface area contributed by atoms with Crippen molar-refractivity contribution in [1.82, 2.24) is 9.38 Å². The Balaban J connectivity index is 1.37. The number of rotatable bonds is 4. The van der Waals surface area contributed by atoms with E-state index in [-0.39, 0.29) is 5.56 Å². The fraction of sp³-hybridized carbons (Fsp3) is 0.333. The Bertz CT molecular complexity index is 991. The second kappa shape index (κ2) is 7.80. The molecule has 27 heavy (non-hydrogen) atoms. The van der Waals surface area contributed by atoms with Gasteiger partial charge < -0.3 is 9.80 Å². The number of nitrogens with zero attached hydrogens (tertiary/aromatic N) is 2. The lowest BCUT2D eigenvalue weighted by molar-refractivity contribution is -1.02. The van der Waals surface area contributed by atoms with Crippen molar-refractivity contribution in [2.75, 3.05) is 26.2 Å². The van der Waals surface area contributed by atoms with Crippen LogP contribution in [0.4, 0.5) is 0 Å². The van der Waals surface area contributed by atoms with Gasteiger partial charge in [0.15, 0.2) is 0 Å².